The lowest BCUT2D eigenvalue weighted by Crippen LogP contribution is -2.42. The van der Waals surface area contributed by atoms with Crippen molar-refractivity contribution >= 4 is 5.91 Å². The molecular weight excluding hydrogens is 361 g/mol. The minimum Gasteiger partial charge on any atom is -0.493 e. The number of carbonyl (C=O) groups excluding carboxylic acids is 1. The Hall–Kier alpha value is -1.96. The maximum Gasteiger partial charge on any atom is 0.422 e. The van der Waals surface area contributed by atoms with Crippen LogP contribution in [0.4, 0.5) is 13.2 Å². The van der Waals surface area contributed by atoms with Crippen molar-refractivity contribution in [3.63, 3.8) is 0 Å². The summed E-state index contributed by atoms with van der Waals surface area (Å²) in [4.78, 5) is 12.4. The van der Waals surface area contributed by atoms with Crippen molar-refractivity contribution in [3.8, 4) is 11.5 Å². The number of ether oxygens (including phenoxy) is 2. The lowest BCUT2D eigenvalue weighted by molar-refractivity contribution is -0.153. The third-order valence-electron chi connectivity index (χ3n) is 5.27. The molecule has 3 atom stereocenters. The first-order chi connectivity index (χ1) is 12.9. The molecular formula is C19H25F3N2O3. The van der Waals surface area contributed by atoms with Gasteiger partial charge in [-0.15, -0.1) is 0 Å². The van der Waals surface area contributed by atoms with Crippen molar-refractivity contribution in [2.75, 3.05) is 13.7 Å². The molecule has 1 heterocycles. The van der Waals surface area contributed by atoms with Gasteiger partial charge >= 0.3 is 6.18 Å². The van der Waals surface area contributed by atoms with Gasteiger partial charge in [0.15, 0.2) is 18.1 Å². The van der Waals surface area contributed by atoms with Gasteiger partial charge in [0.2, 0.25) is 5.91 Å². The van der Waals surface area contributed by atoms with Crippen molar-refractivity contribution in [1.29, 1.82) is 0 Å². The van der Waals surface area contributed by atoms with Crippen LogP contribution in [0, 0.1) is 5.92 Å². The number of rotatable bonds is 6. The zero-order chi connectivity index (χ0) is 19.4. The molecule has 1 aromatic carbocycles. The van der Waals surface area contributed by atoms with E-state index >= 15 is 0 Å². The fraction of sp³-hybridized carbons (Fsp3) is 0.632. The summed E-state index contributed by atoms with van der Waals surface area (Å²) in [6.07, 6.45) is 1.21. The molecule has 5 nitrogen and oxygen atoms in total. The average molecular weight is 386 g/mol. The van der Waals surface area contributed by atoms with Crippen LogP contribution in [-0.4, -0.2) is 37.9 Å². The van der Waals surface area contributed by atoms with Crippen LogP contribution in [0.25, 0.3) is 0 Å². The van der Waals surface area contributed by atoms with E-state index in [1.807, 2.05) is 0 Å². The minimum atomic E-state index is -4.41. The molecule has 1 amide bonds. The quantitative estimate of drug-likeness (QED) is 0.789. The second kappa shape index (κ2) is 8.37. The predicted molar refractivity (Wildman–Crippen MR) is 93.7 cm³/mol. The molecule has 0 spiro atoms. The van der Waals surface area contributed by atoms with Crippen molar-refractivity contribution in [1.82, 2.24) is 10.6 Å². The van der Waals surface area contributed by atoms with E-state index in [9.17, 15) is 18.0 Å². The summed E-state index contributed by atoms with van der Waals surface area (Å²) in [5.74, 6) is 0.767. The Balaban J connectivity index is 1.53. The summed E-state index contributed by atoms with van der Waals surface area (Å²) in [7, 11) is 1.36. The molecule has 0 aromatic heterocycles. The molecule has 3 rings (SSSR count). The molecule has 1 saturated heterocycles. The van der Waals surface area contributed by atoms with Crippen molar-refractivity contribution in [2.24, 2.45) is 5.92 Å². The highest BCUT2D eigenvalue weighted by Crippen LogP contribution is 2.33. The summed E-state index contributed by atoms with van der Waals surface area (Å²) < 4.78 is 46.8. The van der Waals surface area contributed by atoms with Crippen LogP contribution < -0.4 is 20.1 Å². The van der Waals surface area contributed by atoms with E-state index < -0.39 is 12.8 Å². The van der Waals surface area contributed by atoms with Crippen LogP contribution >= 0.6 is 0 Å². The number of alkyl halides is 3. The van der Waals surface area contributed by atoms with E-state index in [0.717, 1.165) is 18.4 Å². The minimum absolute atomic E-state index is 0.0198. The van der Waals surface area contributed by atoms with Gasteiger partial charge in [-0.3, -0.25) is 4.79 Å². The van der Waals surface area contributed by atoms with Gasteiger partial charge in [-0.05, 0) is 42.9 Å². The highest BCUT2D eigenvalue weighted by atomic mass is 19.4. The fourth-order valence-electron chi connectivity index (χ4n) is 3.93. The molecule has 1 aromatic rings. The van der Waals surface area contributed by atoms with Crippen LogP contribution in [0.15, 0.2) is 18.2 Å². The molecule has 1 saturated carbocycles. The SMILES string of the molecule is COc1cc(CNC(=O)C2CC3CCCCC3N2)ccc1OCC(F)(F)F. The van der Waals surface area contributed by atoms with Gasteiger partial charge < -0.3 is 20.1 Å². The van der Waals surface area contributed by atoms with E-state index in [2.05, 4.69) is 10.6 Å². The Bertz CT molecular complexity index is 652. The molecule has 3 unspecified atom stereocenters. The third-order valence-corrected chi connectivity index (χ3v) is 5.27. The Morgan fingerprint density at radius 1 is 1.26 bits per heavy atom. The van der Waals surface area contributed by atoms with E-state index in [-0.39, 0.29) is 30.0 Å². The number of halogens is 3. The summed E-state index contributed by atoms with van der Waals surface area (Å²) >= 11 is 0. The zero-order valence-electron chi connectivity index (χ0n) is 15.3. The number of nitrogens with one attached hydrogen (secondary N) is 2. The Labute approximate surface area is 156 Å². The number of amides is 1. The first-order valence-corrected chi connectivity index (χ1v) is 9.26. The van der Waals surface area contributed by atoms with Gasteiger partial charge in [0, 0.05) is 12.6 Å². The summed E-state index contributed by atoms with van der Waals surface area (Å²) in [6.45, 7) is -1.10. The first kappa shape index (κ1) is 19.8. The molecule has 2 fully saturated rings. The number of carbonyl (C=O) groups is 1. The van der Waals surface area contributed by atoms with Crippen LogP contribution in [0.5, 0.6) is 11.5 Å². The Morgan fingerprint density at radius 2 is 2.04 bits per heavy atom. The molecule has 8 heteroatoms. The normalized spacial score (nSPS) is 25.0. The number of hydrogen-bond donors (Lipinski definition) is 2. The van der Waals surface area contributed by atoms with Crippen molar-refractivity contribution in [3.05, 3.63) is 23.8 Å². The topological polar surface area (TPSA) is 59.6 Å². The van der Waals surface area contributed by atoms with Crippen LogP contribution in [0.2, 0.25) is 0 Å². The predicted octanol–water partition coefficient (Wildman–Crippen LogP) is 3.17. The molecule has 2 N–H and O–H groups in total. The fourth-order valence-corrected chi connectivity index (χ4v) is 3.93. The molecule has 2 aliphatic rings. The maximum atomic E-state index is 12.4. The highest BCUT2D eigenvalue weighted by Gasteiger charge is 2.38. The van der Waals surface area contributed by atoms with Gasteiger partial charge in [0.05, 0.1) is 13.2 Å². The lowest BCUT2D eigenvalue weighted by atomic mass is 9.85. The Morgan fingerprint density at radius 3 is 2.74 bits per heavy atom. The Kier molecular flexibility index (Phi) is 6.14. The van der Waals surface area contributed by atoms with E-state index in [1.165, 1.54) is 32.4 Å². The van der Waals surface area contributed by atoms with E-state index in [0.29, 0.717) is 12.0 Å². The van der Waals surface area contributed by atoms with Gasteiger partial charge in [0.25, 0.3) is 0 Å². The molecule has 150 valence electrons. The van der Waals surface area contributed by atoms with Crippen LogP contribution in [-0.2, 0) is 11.3 Å². The first-order valence-electron chi connectivity index (χ1n) is 9.26. The maximum absolute atomic E-state index is 12.4. The largest absolute Gasteiger partial charge is 0.493 e. The third kappa shape index (κ3) is 5.28. The molecule has 1 aliphatic heterocycles. The zero-order valence-corrected chi connectivity index (χ0v) is 15.3. The standard InChI is InChI=1S/C19H25F3N2O3/c1-26-17-8-12(6-7-16(17)27-11-19(20,21)22)10-23-18(25)15-9-13-4-2-3-5-14(13)24-15/h6-8,13-15,24H,2-5,9-11H2,1H3,(H,23,25). The number of hydrogen-bond acceptors (Lipinski definition) is 4. The van der Waals surface area contributed by atoms with Gasteiger partial charge in [-0.1, -0.05) is 18.9 Å². The molecule has 0 radical (unpaired) electrons. The number of methoxy groups -OCH3 is 1. The van der Waals surface area contributed by atoms with Gasteiger partial charge in [-0.25, -0.2) is 0 Å². The van der Waals surface area contributed by atoms with Crippen LogP contribution in [0.3, 0.4) is 0 Å². The summed E-state index contributed by atoms with van der Waals surface area (Å²) in [5, 5.41) is 6.33. The van der Waals surface area contributed by atoms with E-state index in [1.54, 1.807) is 12.1 Å². The molecule has 0 bridgehead atoms. The molecule has 1 aliphatic carbocycles. The summed E-state index contributed by atoms with van der Waals surface area (Å²) in [6, 6.07) is 4.90. The summed E-state index contributed by atoms with van der Waals surface area (Å²) in [5.41, 5.74) is 0.731. The monoisotopic (exact) mass is 386 g/mol. The van der Waals surface area contributed by atoms with E-state index in [4.69, 9.17) is 9.47 Å². The average Bonchev–Trinajstić information content (AvgIpc) is 3.08. The second-order valence-electron chi connectivity index (χ2n) is 7.21. The molecule has 27 heavy (non-hydrogen) atoms. The smallest absolute Gasteiger partial charge is 0.422 e. The highest BCUT2D eigenvalue weighted by molar-refractivity contribution is 5.82. The second-order valence-corrected chi connectivity index (χ2v) is 7.21. The van der Waals surface area contributed by atoms with Crippen molar-refractivity contribution < 1.29 is 27.4 Å². The number of benzene rings is 1. The van der Waals surface area contributed by atoms with Gasteiger partial charge in [0.1, 0.15) is 0 Å². The lowest BCUT2D eigenvalue weighted by Gasteiger charge is -2.24. The van der Waals surface area contributed by atoms with Crippen molar-refractivity contribution in [2.45, 2.75) is 56.9 Å². The van der Waals surface area contributed by atoms with Crippen LogP contribution in [0.1, 0.15) is 37.7 Å². The van der Waals surface area contributed by atoms with Gasteiger partial charge in [-0.2, -0.15) is 13.2 Å². The number of fused-ring (bicyclic) bond motifs is 1.